The van der Waals surface area contributed by atoms with Gasteiger partial charge in [0.1, 0.15) is 18.2 Å². The van der Waals surface area contributed by atoms with Gasteiger partial charge in [0.15, 0.2) is 0 Å². The largest absolute Gasteiger partial charge is 0.447 e. The van der Waals surface area contributed by atoms with E-state index in [9.17, 15) is 13.6 Å². The molecule has 94 valence electrons. The van der Waals surface area contributed by atoms with E-state index in [0.29, 0.717) is 0 Å². The number of amides is 1. The van der Waals surface area contributed by atoms with E-state index in [1.807, 2.05) is 0 Å². The lowest BCUT2D eigenvalue weighted by atomic mass is 10.2. The summed E-state index contributed by atoms with van der Waals surface area (Å²) in [5.74, 6) is -1.39. The molecule has 6 heteroatoms. The van der Waals surface area contributed by atoms with Gasteiger partial charge in [-0.15, -0.1) is 0 Å². The molecule has 1 rings (SSSR count). The second-order valence-corrected chi connectivity index (χ2v) is 3.43. The van der Waals surface area contributed by atoms with Crippen LogP contribution in [0, 0.1) is 11.6 Å². The van der Waals surface area contributed by atoms with Crippen LogP contribution in [0.15, 0.2) is 18.2 Å². The monoisotopic (exact) mass is 245 g/mol. The summed E-state index contributed by atoms with van der Waals surface area (Å²) in [6.07, 6.45) is -0.678. The second kappa shape index (κ2) is 6.15. The van der Waals surface area contributed by atoms with E-state index in [2.05, 4.69) is 4.74 Å². The van der Waals surface area contributed by atoms with Crippen LogP contribution >= 0.6 is 0 Å². The van der Waals surface area contributed by atoms with Gasteiger partial charge >= 0.3 is 6.09 Å². The van der Waals surface area contributed by atoms with Crippen molar-refractivity contribution in [2.45, 2.75) is 6.54 Å². The van der Waals surface area contributed by atoms with Gasteiger partial charge in [-0.25, -0.2) is 13.6 Å². The van der Waals surface area contributed by atoms with Gasteiger partial charge in [-0.2, -0.15) is 0 Å². The van der Waals surface area contributed by atoms with Gasteiger partial charge in [0.05, 0.1) is 13.2 Å². The number of hydrogen-bond donors (Lipinski definition) is 1. The van der Waals surface area contributed by atoms with Crippen LogP contribution in [0.3, 0.4) is 0 Å². The van der Waals surface area contributed by atoms with Crippen molar-refractivity contribution in [2.75, 3.05) is 20.3 Å². The van der Waals surface area contributed by atoms with Crippen LogP contribution in [0.2, 0.25) is 0 Å². The van der Waals surface area contributed by atoms with E-state index in [-0.39, 0.29) is 25.3 Å². The number of hydrogen-bond acceptors (Lipinski definition) is 3. The minimum Gasteiger partial charge on any atom is -0.447 e. The number of nitrogens with zero attached hydrogens (tertiary/aromatic N) is 1. The third-order valence-corrected chi connectivity index (χ3v) is 2.05. The number of halogens is 2. The number of carbonyl (C=O) groups is 1. The Morgan fingerprint density at radius 2 is 2.18 bits per heavy atom. The molecular formula is C11H13F2NO3. The van der Waals surface area contributed by atoms with Crippen molar-refractivity contribution >= 4 is 6.09 Å². The third kappa shape index (κ3) is 3.99. The molecule has 0 saturated heterocycles. The number of rotatable bonds is 4. The minimum atomic E-state index is -0.716. The Balaban J connectivity index is 2.61. The molecule has 1 aromatic carbocycles. The average Bonchev–Trinajstić information content (AvgIpc) is 2.29. The van der Waals surface area contributed by atoms with Crippen LogP contribution in [0.25, 0.3) is 0 Å². The molecule has 0 bridgehead atoms. The highest BCUT2D eigenvalue weighted by Crippen LogP contribution is 2.11. The van der Waals surface area contributed by atoms with Crippen LogP contribution in [0.4, 0.5) is 13.6 Å². The Morgan fingerprint density at radius 3 is 2.76 bits per heavy atom. The van der Waals surface area contributed by atoms with Crippen molar-refractivity contribution < 1.29 is 23.4 Å². The SMILES string of the molecule is CN(Cc1ccc(F)cc1F)C(=O)OCCO. The van der Waals surface area contributed by atoms with Crippen molar-refractivity contribution in [1.82, 2.24) is 4.90 Å². The first-order valence-electron chi connectivity index (χ1n) is 4.97. The summed E-state index contributed by atoms with van der Waals surface area (Å²) in [7, 11) is 1.42. The third-order valence-electron chi connectivity index (χ3n) is 2.05. The summed E-state index contributed by atoms with van der Waals surface area (Å²) in [4.78, 5) is 12.4. The highest BCUT2D eigenvalue weighted by molar-refractivity contribution is 5.67. The molecule has 1 aromatic rings. The zero-order valence-electron chi connectivity index (χ0n) is 9.32. The molecule has 0 radical (unpaired) electrons. The van der Waals surface area contributed by atoms with Gasteiger partial charge in [0.25, 0.3) is 0 Å². The van der Waals surface area contributed by atoms with Gasteiger partial charge in [-0.05, 0) is 6.07 Å². The number of ether oxygens (including phenoxy) is 1. The summed E-state index contributed by atoms with van der Waals surface area (Å²) in [6.45, 7) is -0.421. The van der Waals surface area contributed by atoms with E-state index in [1.54, 1.807) is 0 Å². The average molecular weight is 245 g/mol. The maximum Gasteiger partial charge on any atom is 0.409 e. The van der Waals surface area contributed by atoms with Crippen molar-refractivity contribution in [3.8, 4) is 0 Å². The topological polar surface area (TPSA) is 49.8 Å². The first-order chi connectivity index (χ1) is 8.04. The molecule has 0 saturated carbocycles. The molecule has 0 aromatic heterocycles. The lowest BCUT2D eigenvalue weighted by molar-refractivity contribution is 0.0891. The van der Waals surface area contributed by atoms with Crippen LogP contribution in [0.5, 0.6) is 0 Å². The highest BCUT2D eigenvalue weighted by Gasteiger charge is 2.12. The molecule has 0 aliphatic carbocycles. The maximum absolute atomic E-state index is 13.3. The minimum absolute atomic E-state index is 0.0314. The molecule has 4 nitrogen and oxygen atoms in total. The Kier molecular flexibility index (Phi) is 4.84. The summed E-state index contributed by atoms with van der Waals surface area (Å²) in [5, 5.41) is 8.46. The predicted octanol–water partition coefficient (Wildman–Crippen LogP) is 1.53. The van der Waals surface area contributed by atoms with Crippen LogP contribution < -0.4 is 0 Å². The molecule has 0 aliphatic heterocycles. The van der Waals surface area contributed by atoms with E-state index in [0.717, 1.165) is 17.0 Å². The molecule has 0 atom stereocenters. The summed E-state index contributed by atoms with van der Waals surface area (Å²) in [6, 6.07) is 3.13. The van der Waals surface area contributed by atoms with E-state index < -0.39 is 17.7 Å². The Hall–Kier alpha value is -1.69. The van der Waals surface area contributed by atoms with Gasteiger partial charge in [-0.1, -0.05) is 6.07 Å². The molecule has 0 fully saturated rings. The standard InChI is InChI=1S/C11H13F2NO3/c1-14(11(16)17-5-4-15)7-8-2-3-9(12)6-10(8)13/h2-3,6,15H,4-5,7H2,1H3. The van der Waals surface area contributed by atoms with E-state index in [4.69, 9.17) is 5.11 Å². The van der Waals surface area contributed by atoms with E-state index in [1.165, 1.54) is 13.1 Å². The molecule has 17 heavy (non-hydrogen) atoms. The fourth-order valence-electron chi connectivity index (χ4n) is 1.21. The molecule has 0 unspecified atom stereocenters. The first kappa shape index (κ1) is 13.4. The zero-order valence-corrected chi connectivity index (χ0v) is 9.32. The van der Waals surface area contributed by atoms with Crippen molar-refractivity contribution in [1.29, 1.82) is 0 Å². The van der Waals surface area contributed by atoms with Gasteiger partial charge in [0.2, 0.25) is 0 Å². The molecule has 0 spiro atoms. The first-order valence-corrected chi connectivity index (χ1v) is 4.97. The highest BCUT2D eigenvalue weighted by atomic mass is 19.1. The van der Waals surface area contributed by atoms with Gasteiger partial charge in [-0.3, -0.25) is 0 Å². The van der Waals surface area contributed by atoms with Gasteiger partial charge < -0.3 is 14.7 Å². The fraction of sp³-hybridized carbons (Fsp3) is 0.364. The van der Waals surface area contributed by atoms with Crippen LogP contribution in [-0.4, -0.2) is 36.4 Å². The molecule has 0 heterocycles. The number of benzene rings is 1. The number of aliphatic hydroxyl groups excluding tert-OH is 1. The van der Waals surface area contributed by atoms with E-state index >= 15 is 0 Å². The number of carbonyl (C=O) groups excluding carboxylic acids is 1. The lowest BCUT2D eigenvalue weighted by Crippen LogP contribution is -2.28. The van der Waals surface area contributed by atoms with Crippen molar-refractivity contribution in [2.24, 2.45) is 0 Å². The fourth-order valence-corrected chi connectivity index (χ4v) is 1.21. The van der Waals surface area contributed by atoms with Crippen LogP contribution in [0.1, 0.15) is 5.56 Å². The molecular weight excluding hydrogens is 232 g/mol. The quantitative estimate of drug-likeness (QED) is 0.875. The smallest absolute Gasteiger partial charge is 0.409 e. The summed E-state index contributed by atoms with van der Waals surface area (Å²) in [5.41, 5.74) is 0.190. The Labute approximate surface area is 97.4 Å². The normalized spacial score (nSPS) is 10.1. The van der Waals surface area contributed by atoms with Crippen molar-refractivity contribution in [3.05, 3.63) is 35.4 Å². The lowest BCUT2D eigenvalue weighted by Gasteiger charge is -2.17. The van der Waals surface area contributed by atoms with Gasteiger partial charge in [0, 0.05) is 18.7 Å². The molecule has 1 N–H and O–H groups in total. The molecule has 0 aliphatic rings. The predicted molar refractivity (Wildman–Crippen MR) is 56.3 cm³/mol. The zero-order chi connectivity index (χ0) is 12.8. The summed E-state index contributed by atoms with van der Waals surface area (Å²) >= 11 is 0. The Morgan fingerprint density at radius 1 is 1.47 bits per heavy atom. The van der Waals surface area contributed by atoms with Crippen molar-refractivity contribution in [3.63, 3.8) is 0 Å². The Bertz CT molecular complexity index is 398. The molecule has 1 amide bonds. The second-order valence-electron chi connectivity index (χ2n) is 3.43. The maximum atomic E-state index is 13.3. The number of aliphatic hydroxyl groups is 1. The van der Waals surface area contributed by atoms with Crippen LogP contribution in [-0.2, 0) is 11.3 Å². The summed E-state index contributed by atoms with van der Waals surface area (Å²) < 4.78 is 30.5.